The van der Waals surface area contributed by atoms with Crippen molar-refractivity contribution in [1.29, 1.82) is 0 Å². The summed E-state index contributed by atoms with van der Waals surface area (Å²) in [5.74, 6) is -0.389. The molecule has 68 valence electrons. The van der Waals surface area contributed by atoms with Crippen LogP contribution >= 0.6 is 11.3 Å². The van der Waals surface area contributed by atoms with Gasteiger partial charge in [-0.15, -0.1) is 11.3 Å². The summed E-state index contributed by atoms with van der Waals surface area (Å²) >= 11 is -1.38. The molecule has 0 aliphatic carbocycles. The van der Waals surface area contributed by atoms with Crippen LogP contribution in [0.1, 0.15) is 0 Å². The van der Waals surface area contributed by atoms with Crippen LogP contribution in [0.3, 0.4) is 0 Å². The first kappa shape index (κ1) is 11.8. The molecule has 0 aliphatic heterocycles. The van der Waals surface area contributed by atoms with Gasteiger partial charge in [-0.1, -0.05) is 0 Å². The average Bonchev–Trinajstić information content (AvgIpc) is 2.46. The number of thiazole rings is 1. The first-order chi connectivity index (χ1) is 6.16. The Bertz CT molecular complexity index is 487. The Hall–Kier alpha value is -0.253. The Balaban J connectivity index is 0.000000980. The van der Waals surface area contributed by atoms with Gasteiger partial charge in [0.05, 0.1) is 10.2 Å². The van der Waals surface area contributed by atoms with Crippen molar-refractivity contribution >= 4 is 32.6 Å². The van der Waals surface area contributed by atoms with Gasteiger partial charge in [-0.05, 0) is 18.2 Å². The van der Waals surface area contributed by atoms with Crippen LogP contribution in [0.25, 0.3) is 10.2 Å². The molecule has 0 spiro atoms. The summed E-state index contributed by atoms with van der Waals surface area (Å²) < 4.78 is 34.2. The van der Waals surface area contributed by atoms with E-state index in [1.807, 2.05) is 0 Å². The van der Waals surface area contributed by atoms with Crippen molar-refractivity contribution in [3.8, 4) is 0 Å². The van der Waals surface area contributed by atoms with Crippen LogP contribution in [-0.2, 0) is 11.1 Å². The molecule has 0 fully saturated rings. The Kier molecular flexibility index (Phi) is 3.81. The molecule has 0 saturated carbocycles. The topological polar surface area (TPSA) is 53.0 Å². The van der Waals surface area contributed by atoms with Gasteiger partial charge in [-0.3, -0.25) is 4.21 Å². The second kappa shape index (κ2) is 4.51. The summed E-state index contributed by atoms with van der Waals surface area (Å²) in [7, 11) is 0. The van der Waals surface area contributed by atoms with E-state index in [9.17, 15) is 13.2 Å². The van der Waals surface area contributed by atoms with Gasteiger partial charge in [-0.2, -0.15) is 0 Å². The minimum Gasteiger partial charge on any atom is -0.767 e. The monoisotopic (exact) mass is 223 g/mol. The van der Waals surface area contributed by atoms with Gasteiger partial charge in [0.25, 0.3) is 0 Å². The SMILES string of the molecule is O=S([O-])c1nc2ccc(F)cc2s1.[Li+]. The van der Waals surface area contributed by atoms with Gasteiger partial charge in [0.15, 0.2) is 4.34 Å². The summed E-state index contributed by atoms with van der Waals surface area (Å²) in [6.45, 7) is 0. The molecule has 0 saturated heterocycles. The third-order valence-electron chi connectivity index (χ3n) is 1.47. The van der Waals surface area contributed by atoms with Gasteiger partial charge < -0.3 is 4.55 Å². The van der Waals surface area contributed by atoms with Crippen LogP contribution in [0, 0.1) is 5.82 Å². The Labute approximate surface area is 97.8 Å². The molecule has 0 amide bonds. The Morgan fingerprint density at radius 3 is 2.86 bits per heavy atom. The van der Waals surface area contributed by atoms with Crippen molar-refractivity contribution in [2.75, 3.05) is 0 Å². The normalized spacial score (nSPS) is 12.4. The molecule has 0 aliphatic rings. The van der Waals surface area contributed by atoms with Crippen LogP contribution in [0.2, 0.25) is 0 Å². The van der Waals surface area contributed by atoms with E-state index in [1.54, 1.807) is 0 Å². The molecular formula is C7H3FLiNO2S2. The molecule has 3 nitrogen and oxygen atoms in total. The predicted molar refractivity (Wildman–Crippen MR) is 46.8 cm³/mol. The fourth-order valence-electron chi connectivity index (χ4n) is 0.949. The largest absolute Gasteiger partial charge is 1.00 e. The molecule has 0 bridgehead atoms. The zero-order valence-corrected chi connectivity index (χ0v) is 8.82. The third-order valence-corrected chi connectivity index (χ3v) is 3.32. The number of aromatic nitrogens is 1. The van der Waals surface area contributed by atoms with E-state index < -0.39 is 11.1 Å². The van der Waals surface area contributed by atoms with Gasteiger partial charge >= 0.3 is 18.9 Å². The number of fused-ring (bicyclic) bond motifs is 1. The maximum atomic E-state index is 12.7. The second-order valence-electron chi connectivity index (χ2n) is 2.33. The number of rotatable bonds is 1. The van der Waals surface area contributed by atoms with Crippen LogP contribution < -0.4 is 18.9 Å². The van der Waals surface area contributed by atoms with Crippen LogP contribution in [0.4, 0.5) is 4.39 Å². The quantitative estimate of drug-likeness (QED) is 0.445. The van der Waals surface area contributed by atoms with Crippen molar-refractivity contribution in [3.63, 3.8) is 0 Å². The number of hydrogen-bond acceptors (Lipinski definition) is 4. The van der Waals surface area contributed by atoms with Crippen molar-refractivity contribution < 1.29 is 32.0 Å². The minimum atomic E-state index is -2.33. The third kappa shape index (κ3) is 2.22. The Morgan fingerprint density at radius 1 is 1.50 bits per heavy atom. The second-order valence-corrected chi connectivity index (χ2v) is 4.47. The first-order valence-corrected chi connectivity index (χ1v) is 5.21. The van der Waals surface area contributed by atoms with E-state index in [2.05, 4.69) is 4.98 Å². The molecule has 1 atom stereocenters. The van der Waals surface area contributed by atoms with E-state index in [0.29, 0.717) is 10.2 Å². The van der Waals surface area contributed by atoms with Crippen molar-refractivity contribution in [1.82, 2.24) is 4.98 Å². The van der Waals surface area contributed by atoms with Crippen molar-refractivity contribution in [2.45, 2.75) is 4.34 Å². The van der Waals surface area contributed by atoms with E-state index in [0.717, 1.165) is 11.3 Å². The molecule has 1 aromatic heterocycles. The number of benzene rings is 1. The van der Waals surface area contributed by atoms with E-state index in [-0.39, 0.29) is 29.0 Å². The summed E-state index contributed by atoms with van der Waals surface area (Å²) in [5, 5.41) is 0. The van der Waals surface area contributed by atoms with Crippen LogP contribution in [-0.4, -0.2) is 13.7 Å². The number of halogens is 1. The first-order valence-electron chi connectivity index (χ1n) is 3.32. The molecule has 2 rings (SSSR count). The van der Waals surface area contributed by atoms with Gasteiger partial charge in [-0.25, -0.2) is 9.37 Å². The standard InChI is InChI=1S/C7H4FNO2S2.Li/c8-4-1-2-5-6(3-4)12-7(9-5)13(10)11;/h1-3H,(H,10,11);/q;+1/p-1. The summed E-state index contributed by atoms with van der Waals surface area (Å²) in [6.07, 6.45) is 0. The minimum absolute atomic E-state index is 0. The van der Waals surface area contributed by atoms with Crippen LogP contribution in [0.5, 0.6) is 0 Å². The molecule has 2 aromatic rings. The number of nitrogens with zero attached hydrogens (tertiary/aromatic N) is 1. The van der Waals surface area contributed by atoms with Gasteiger partial charge in [0.1, 0.15) is 5.82 Å². The fraction of sp³-hybridized carbons (Fsp3) is 0. The molecule has 14 heavy (non-hydrogen) atoms. The predicted octanol–water partition coefficient (Wildman–Crippen LogP) is -1.32. The molecule has 0 N–H and O–H groups in total. The van der Waals surface area contributed by atoms with E-state index in [1.165, 1.54) is 18.2 Å². The van der Waals surface area contributed by atoms with Gasteiger partial charge in [0, 0.05) is 11.1 Å². The molecule has 7 heteroatoms. The summed E-state index contributed by atoms with van der Waals surface area (Å²) in [6, 6.07) is 3.97. The number of hydrogen-bond donors (Lipinski definition) is 0. The van der Waals surface area contributed by atoms with Gasteiger partial charge in [0.2, 0.25) is 0 Å². The zero-order valence-electron chi connectivity index (χ0n) is 7.19. The zero-order chi connectivity index (χ0) is 9.42. The molecule has 1 aromatic carbocycles. The van der Waals surface area contributed by atoms with Crippen molar-refractivity contribution in [3.05, 3.63) is 24.0 Å². The fourth-order valence-corrected chi connectivity index (χ4v) is 2.38. The van der Waals surface area contributed by atoms with E-state index >= 15 is 0 Å². The maximum absolute atomic E-state index is 12.7. The molecular weight excluding hydrogens is 220 g/mol. The van der Waals surface area contributed by atoms with Crippen LogP contribution in [0.15, 0.2) is 22.5 Å². The smallest absolute Gasteiger partial charge is 0.767 e. The average molecular weight is 223 g/mol. The molecule has 1 unspecified atom stereocenters. The molecule has 0 radical (unpaired) electrons. The summed E-state index contributed by atoms with van der Waals surface area (Å²) in [4.78, 5) is 3.79. The summed E-state index contributed by atoms with van der Waals surface area (Å²) in [5.41, 5.74) is 0.505. The van der Waals surface area contributed by atoms with Crippen molar-refractivity contribution in [2.24, 2.45) is 0 Å². The van der Waals surface area contributed by atoms with E-state index in [4.69, 9.17) is 0 Å². The molecule has 1 heterocycles. The Morgan fingerprint density at radius 2 is 2.21 bits per heavy atom. The maximum Gasteiger partial charge on any atom is 1.00 e.